The highest BCUT2D eigenvalue weighted by Crippen LogP contribution is 2.38. The molecule has 5 heteroatoms. The third kappa shape index (κ3) is 2.76. The Bertz CT molecular complexity index is 522. The summed E-state index contributed by atoms with van der Waals surface area (Å²) < 4.78 is 0. The van der Waals surface area contributed by atoms with E-state index >= 15 is 0 Å². The Labute approximate surface area is 115 Å². The first kappa shape index (κ1) is 12.3. The van der Waals surface area contributed by atoms with Gasteiger partial charge in [0.2, 0.25) is 0 Å². The Balaban J connectivity index is 2.44. The van der Waals surface area contributed by atoms with E-state index in [0.29, 0.717) is 15.7 Å². The first-order valence-corrected chi connectivity index (χ1v) is 6.05. The molecule has 1 aromatic rings. The summed E-state index contributed by atoms with van der Waals surface area (Å²) in [5.41, 5.74) is 1.38. The van der Waals surface area contributed by atoms with Crippen LogP contribution < -0.4 is 4.90 Å². The number of rotatable bonds is 2. The molecule has 0 aliphatic carbocycles. The van der Waals surface area contributed by atoms with Gasteiger partial charge in [-0.2, -0.15) is 4.99 Å². The first-order valence-electron chi connectivity index (χ1n) is 4.89. The summed E-state index contributed by atoms with van der Waals surface area (Å²) >= 11 is 16.9. The number of halogens is 2. The first-order chi connectivity index (χ1) is 8.22. The zero-order valence-corrected chi connectivity index (χ0v) is 11.1. The smallest absolute Gasteiger partial charge is 0.0789 e. The standard InChI is InChI=1S/C12H8Cl2N2S/c13-10-6-9(15-8-17)7-11(14)12(10)16-4-2-1-3-5-16/h1-4,6-7H,5H2. The van der Waals surface area contributed by atoms with Crippen LogP contribution in [0.5, 0.6) is 0 Å². The van der Waals surface area contributed by atoms with E-state index in [0.717, 1.165) is 12.2 Å². The van der Waals surface area contributed by atoms with Crippen LogP contribution in [0.3, 0.4) is 0 Å². The molecular formula is C12H8Cl2N2S. The van der Waals surface area contributed by atoms with E-state index in [1.165, 1.54) is 0 Å². The molecule has 0 saturated heterocycles. The predicted octanol–water partition coefficient (Wildman–Crippen LogP) is 4.62. The summed E-state index contributed by atoms with van der Waals surface area (Å²) in [6.07, 6.45) is 7.85. The molecule has 0 unspecified atom stereocenters. The largest absolute Gasteiger partial charge is 0.342 e. The predicted molar refractivity (Wildman–Crippen MR) is 76.8 cm³/mol. The molecule has 0 saturated carbocycles. The van der Waals surface area contributed by atoms with Crippen molar-refractivity contribution in [2.24, 2.45) is 4.99 Å². The molecule has 86 valence electrons. The molecule has 1 aromatic carbocycles. The van der Waals surface area contributed by atoms with Crippen LogP contribution in [0.2, 0.25) is 10.0 Å². The summed E-state index contributed by atoms with van der Waals surface area (Å²) in [7, 11) is 0. The minimum atomic E-state index is 0.543. The average molecular weight is 283 g/mol. The fourth-order valence-corrected chi connectivity index (χ4v) is 2.38. The highest BCUT2D eigenvalue weighted by Gasteiger charge is 2.13. The average Bonchev–Trinajstić information content (AvgIpc) is 2.30. The van der Waals surface area contributed by atoms with Crippen LogP contribution in [0.1, 0.15) is 0 Å². The van der Waals surface area contributed by atoms with Gasteiger partial charge in [-0.25, -0.2) is 0 Å². The van der Waals surface area contributed by atoms with Crippen LogP contribution in [0.25, 0.3) is 0 Å². The minimum absolute atomic E-state index is 0.543. The molecule has 0 spiro atoms. The van der Waals surface area contributed by atoms with E-state index in [9.17, 15) is 0 Å². The van der Waals surface area contributed by atoms with Crippen molar-refractivity contribution in [1.29, 1.82) is 0 Å². The SMILES string of the molecule is S=C=Nc1cc(Cl)c(N2C=CC=CC2)c(Cl)c1. The number of anilines is 1. The molecule has 17 heavy (non-hydrogen) atoms. The second-order valence-corrected chi connectivity index (χ2v) is 4.38. The second kappa shape index (κ2) is 5.48. The second-order valence-electron chi connectivity index (χ2n) is 3.38. The zero-order valence-electron chi connectivity index (χ0n) is 8.73. The number of allylic oxidation sites excluding steroid dienone is 2. The monoisotopic (exact) mass is 282 g/mol. The molecule has 2 nitrogen and oxygen atoms in total. The minimum Gasteiger partial charge on any atom is -0.342 e. The van der Waals surface area contributed by atoms with Crippen molar-refractivity contribution in [1.82, 2.24) is 0 Å². The van der Waals surface area contributed by atoms with Crippen LogP contribution in [-0.2, 0) is 0 Å². The van der Waals surface area contributed by atoms with Crippen molar-refractivity contribution < 1.29 is 0 Å². The van der Waals surface area contributed by atoms with Crippen LogP contribution in [0, 0.1) is 0 Å². The van der Waals surface area contributed by atoms with Crippen molar-refractivity contribution in [3.05, 3.63) is 46.6 Å². The van der Waals surface area contributed by atoms with Crippen molar-refractivity contribution in [2.75, 3.05) is 11.4 Å². The van der Waals surface area contributed by atoms with E-state index in [-0.39, 0.29) is 0 Å². The molecule has 2 rings (SSSR count). The van der Waals surface area contributed by atoms with E-state index in [4.69, 9.17) is 23.2 Å². The van der Waals surface area contributed by atoms with E-state index in [1.54, 1.807) is 12.1 Å². The highest BCUT2D eigenvalue weighted by molar-refractivity contribution is 7.78. The van der Waals surface area contributed by atoms with Gasteiger partial charge in [0.05, 0.1) is 26.6 Å². The molecule has 0 amide bonds. The summed E-state index contributed by atoms with van der Waals surface area (Å²) in [6, 6.07) is 3.43. The Morgan fingerprint density at radius 2 is 1.94 bits per heavy atom. The Kier molecular flexibility index (Phi) is 3.97. The van der Waals surface area contributed by atoms with Crippen LogP contribution >= 0.6 is 35.4 Å². The third-order valence-corrected chi connectivity index (χ3v) is 2.95. The van der Waals surface area contributed by atoms with Gasteiger partial charge < -0.3 is 4.90 Å². The molecule has 1 heterocycles. The number of aliphatic imine (C=N–C) groups is 1. The van der Waals surface area contributed by atoms with Gasteiger partial charge >= 0.3 is 0 Å². The van der Waals surface area contributed by atoms with Crippen molar-refractivity contribution in [2.45, 2.75) is 0 Å². The zero-order chi connectivity index (χ0) is 12.3. The van der Waals surface area contributed by atoms with Crippen LogP contribution in [0.15, 0.2) is 41.6 Å². The van der Waals surface area contributed by atoms with Gasteiger partial charge in [-0.3, -0.25) is 0 Å². The number of isothiocyanates is 1. The molecule has 0 N–H and O–H groups in total. The van der Waals surface area contributed by atoms with Gasteiger partial charge in [-0.15, -0.1) is 0 Å². The quantitative estimate of drug-likeness (QED) is 0.581. The summed E-state index contributed by atoms with van der Waals surface area (Å²) in [6.45, 7) is 0.742. The third-order valence-electron chi connectivity index (χ3n) is 2.28. The van der Waals surface area contributed by atoms with Gasteiger partial charge in [0.25, 0.3) is 0 Å². The molecule has 0 atom stereocenters. The summed E-state index contributed by atoms with van der Waals surface area (Å²) in [5, 5.41) is 3.38. The molecule has 0 bridgehead atoms. The Morgan fingerprint density at radius 3 is 2.47 bits per heavy atom. The fraction of sp³-hybridized carbons (Fsp3) is 0.0833. The van der Waals surface area contributed by atoms with Crippen molar-refractivity contribution >= 4 is 52.0 Å². The lowest BCUT2D eigenvalue weighted by atomic mass is 10.2. The number of hydrogen-bond acceptors (Lipinski definition) is 3. The maximum atomic E-state index is 6.20. The topological polar surface area (TPSA) is 15.6 Å². The van der Waals surface area contributed by atoms with Gasteiger partial charge in [0.1, 0.15) is 0 Å². The van der Waals surface area contributed by atoms with E-state index < -0.39 is 0 Å². The lowest BCUT2D eigenvalue weighted by molar-refractivity contribution is 1.07. The normalized spacial score (nSPS) is 13.6. The highest BCUT2D eigenvalue weighted by atomic mass is 35.5. The van der Waals surface area contributed by atoms with Crippen LogP contribution in [0.4, 0.5) is 11.4 Å². The fourth-order valence-electron chi connectivity index (χ4n) is 1.58. The van der Waals surface area contributed by atoms with Gasteiger partial charge in [0, 0.05) is 12.7 Å². The molecule has 1 aliphatic rings. The molecule has 0 radical (unpaired) electrons. The number of hydrogen-bond donors (Lipinski definition) is 0. The molecular weight excluding hydrogens is 275 g/mol. The number of nitrogens with zero attached hydrogens (tertiary/aromatic N) is 2. The van der Waals surface area contributed by atoms with Crippen molar-refractivity contribution in [3.8, 4) is 0 Å². The molecule has 1 aliphatic heterocycles. The Morgan fingerprint density at radius 1 is 1.24 bits per heavy atom. The lowest BCUT2D eigenvalue weighted by Gasteiger charge is -2.23. The molecule has 0 aromatic heterocycles. The number of thiocarbonyl (C=S) groups is 1. The Hall–Kier alpha value is -1.12. The van der Waals surface area contributed by atoms with Gasteiger partial charge in [-0.1, -0.05) is 35.4 Å². The van der Waals surface area contributed by atoms with Crippen LogP contribution in [-0.4, -0.2) is 11.7 Å². The maximum absolute atomic E-state index is 6.20. The van der Waals surface area contributed by atoms with E-state index in [2.05, 4.69) is 22.4 Å². The summed E-state index contributed by atoms with van der Waals surface area (Å²) in [5.74, 6) is 0. The van der Waals surface area contributed by atoms with Crippen molar-refractivity contribution in [3.63, 3.8) is 0 Å². The van der Waals surface area contributed by atoms with Gasteiger partial charge in [-0.05, 0) is 30.4 Å². The number of benzene rings is 1. The lowest BCUT2D eigenvalue weighted by Crippen LogP contribution is -2.18. The maximum Gasteiger partial charge on any atom is 0.0789 e. The molecule has 0 fully saturated rings. The summed E-state index contributed by atoms with van der Waals surface area (Å²) in [4.78, 5) is 5.83. The van der Waals surface area contributed by atoms with E-state index in [1.807, 2.05) is 29.3 Å². The van der Waals surface area contributed by atoms with Gasteiger partial charge in [0.15, 0.2) is 0 Å².